The number of amides is 1. The maximum Gasteiger partial charge on any atom is 0.222 e. The van der Waals surface area contributed by atoms with Gasteiger partial charge in [0.1, 0.15) is 5.76 Å². The van der Waals surface area contributed by atoms with Crippen molar-refractivity contribution >= 4 is 11.6 Å². The first kappa shape index (κ1) is 16.2. The molecule has 5 heteroatoms. The zero-order valence-corrected chi connectivity index (χ0v) is 14.7. The van der Waals surface area contributed by atoms with Crippen LogP contribution in [0.2, 0.25) is 0 Å². The number of hydrogen-bond donors (Lipinski definition) is 1. The van der Waals surface area contributed by atoms with Crippen LogP contribution >= 0.6 is 0 Å². The molecule has 1 aromatic heterocycles. The Kier molecular flexibility index (Phi) is 4.47. The molecule has 1 atom stereocenters. The number of oxazole rings is 1. The molecule has 0 radical (unpaired) electrons. The second-order valence-electron chi connectivity index (χ2n) is 7.18. The van der Waals surface area contributed by atoms with Crippen molar-refractivity contribution in [1.82, 2.24) is 10.3 Å². The molecule has 0 spiro atoms. The minimum atomic E-state index is 0.0552. The van der Waals surface area contributed by atoms with E-state index in [-0.39, 0.29) is 5.91 Å². The van der Waals surface area contributed by atoms with Crippen LogP contribution in [-0.2, 0) is 17.8 Å². The van der Waals surface area contributed by atoms with Gasteiger partial charge in [-0.15, -0.1) is 0 Å². The number of hydrogen-bond acceptors (Lipinski definition) is 4. The van der Waals surface area contributed by atoms with Crippen molar-refractivity contribution in [2.24, 2.45) is 0 Å². The monoisotopic (exact) mass is 339 g/mol. The zero-order chi connectivity index (χ0) is 17.2. The third-order valence-corrected chi connectivity index (χ3v) is 5.20. The molecule has 2 aromatic rings. The number of carbonyl (C=O) groups excluding carboxylic acids is 1. The summed E-state index contributed by atoms with van der Waals surface area (Å²) in [6, 6.07) is 8.99. The summed E-state index contributed by atoms with van der Waals surface area (Å²) in [4.78, 5) is 18.9. The Bertz CT molecular complexity index is 751. The first-order valence-corrected chi connectivity index (χ1v) is 9.26. The van der Waals surface area contributed by atoms with Gasteiger partial charge in [0.05, 0.1) is 12.7 Å². The Morgan fingerprint density at radius 2 is 2.16 bits per heavy atom. The van der Waals surface area contributed by atoms with Crippen molar-refractivity contribution < 1.29 is 9.21 Å². The average Bonchev–Trinajstić information content (AvgIpc) is 3.37. The normalized spacial score (nSPS) is 19.6. The van der Waals surface area contributed by atoms with E-state index < -0.39 is 0 Å². The summed E-state index contributed by atoms with van der Waals surface area (Å²) in [5.74, 6) is 2.12. The molecule has 5 nitrogen and oxygen atoms in total. The summed E-state index contributed by atoms with van der Waals surface area (Å²) >= 11 is 0. The summed E-state index contributed by atoms with van der Waals surface area (Å²) in [5.41, 5.74) is 2.66. The molecular formula is C20H25N3O2. The third-order valence-electron chi connectivity index (χ3n) is 5.20. The van der Waals surface area contributed by atoms with Gasteiger partial charge in [0.15, 0.2) is 5.89 Å². The number of aromatic nitrogens is 1. The minimum absolute atomic E-state index is 0.0552. The van der Waals surface area contributed by atoms with Gasteiger partial charge in [-0.3, -0.25) is 4.79 Å². The zero-order valence-electron chi connectivity index (χ0n) is 14.7. The quantitative estimate of drug-likeness (QED) is 0.876. The van der Waals surface area contributed by atoms with Crippen LogP contribution < -0.4 is 10.2 Å². The molecule has 0 saturated heterocycles. The lowest BCUT2D eigenvalue weighted by Crippen LogP contribution is -2.39. The molecule has 1 aliphatic heterocycles. The highest BCUT2D eigenvalue weighted by Crippen LogP contribution is 2.39. The number of fused-ring (bicyclic) bond motifs is 1. The van der Waals surface area contributed by atoms with Crippen molar-refractivity contribution in [3.63, 3.8) is 0 Å². The fourth-order valence-electron chi connectivity index (χ4n) is 3.52. The Morgan fingerprint density at radius 3 is 3.00 bits per heavy atom. The van der Waals surface area contributed by atoms with E-state index in [1.807, 2.05) is 0 Å². The number of carbonyl (C=O) groups is 1. The molecule has 2 aliphatic rings. The topological polar surface area (TPSA) is 58.4 Å². The van der Waals surface area contributed by atoms with Gasteiger partial charge in [0, 0.05) is 30.6 Å². The van der Waals surface area contributed by atoms with E-state index in [0.717, 1.165) is 31.0 Å². The van der Waals surface area contributed by atoms with E-state index in [0.29, 0.717) is 24.9 Å². The lowest BCUT2D eigenvalue weighted by molar-refractivity contribution is -0.121. The molecule has 0 bridgehead atoms. The van der Waals surface area contributed by atoms with Crippen molar-refractivity contribution in [3.05, 3.63) is 47.7 Å². The summed E-state index contributed by atoms with van der Waals surface area (Å²) in [5, 5.41) is 2.95. The number of anilines is 1. The fourth-order valence-corrected chi connectivity index (χ4v) is 3.52. The maximum absolute atomic E-state index is 12.2. The fraction of sp³-hybridized carbons (Fsp3) is 0.500. The minimum Gasteiger partial charge on any atom is -0.444 e. The van der Waals surface area contributed by atoms with Gasteiger partial charge in [-0.05, 0) is 44.2 Å². The third kappa shape index (κ3) is 3.70. The van der Waals surface area contributed by atoms with Crippen LogP contribution in [0.1, 0.15) is 55.7 Å². The second kappa shape index (κ2) is 6.90. The smallest absolute Gasteiger partial charge is 0.222 e. The molecule has 4 rings (SSSR count). The molecule has 1 amide bonds. The van der Waals surface area contributed by atoms with Crippen LogP contribution in [0.3, 0.4) is 0 Å². The molecule has 1 fully saturated rings. The summed E-state index contributed by atoms with van der Waals surface area (Å²) in [6.45, 7) is 3.40. The maximum atomic E-state index is 12.2. The number of rotatable bonds is 6. The Balaban J connectivity index is 1.29. The van der Waals surface area contributed by atoms with Crippen LogP contribution in [0, 0.1) is 0 Å². The van der Waals surface area contributed by atoms with Gasteiger partial charge in [-0.2, -0.15) is 0 Å². The van der Waals surface area contributed by atoms with Gasteiger partial charge < -0.3 is 14.6 Å². The second-order valence-corrected chi connectivity index (χ2v) is 7.18. The Hall–Kier alpha value is -2.30. The van der Waals surface area contributed by atoms with Crippen molar-refractivity contribution in [2.75, 3.05) is 11.4 Å². The standard InChI is InChI=1S/C20H25N3O2/c1-14-6-7-15-4-2-3-5-18(15)23(14)11-10-19(24)21-12-17-13-22-20(25-17)16-8-9-16/h2-5,13-14,16H,6-12H2,1H3,(H,21,24). The van der Waals surface area contributed by atoms with Gasteiger partial charge in [-0.1, -0.05) is 18.2 Å². The average molecular weight is 339 g/mol. The molecule has 1 aromatic carbocycles. The predicted octanol–water partition coefficient (Wildman–Crippen LogP) is 3.40. The molecule has 1 saturated carbocycles. The van der Waals surface area contributed by atoms with Gasteiger partial charge in [0.25, 0.3) is 0 Å². The highest BCUT2D eigenvalue weighted by Gasteiger charge is 2.28. The first-order valence-electron chi connectivity index (χ1n) is 9.26. The molecule has 2 heterocycles. The lowest BCUT2D eigenvalue weighted by atomic mass is 9.96. The van der Waals surface area contributed by atoms with E-state index in [4.69, 9.17) is 4.42 Å². The molecule has 25 heavy (non-hydrogen) atoms. The van der Waals surface area contributed by atoms with E-state index in [1.54, 1.807) is 6.20 Å². The van der Waals surface area contributed by atoms with Crippen molar-refractivity contribution in [1.29, 1.82) is 0 Å². The lowest BCUT2D eigenvalue weighted by Gasteiger charge is -2.37. The largest absolute Gasteiger partial charge is 0.444 e. The summed E-state index contributed by atoms with van der Waals surface area (Å²) in [6.07, 6.45) is 6.82. The molecule has 1 N–H and O–H groups in total. The Labute approximate surface area is 148 Å². The van der Waals surface area contributed by atoms with Crippen LogP contribution in [0.5, 0.6) is 0 Å². The molecular weight excluding hydrogens is 314 g/mol. The number of aryl methyl sites for hydroxylation is 1. The molecule has 132 valence electrons. The van der Waals surface area contributed by atoms with Crippen LogP contribution in [0.25, 0.3) is 0 Å². The number of benzene rings is 1. The van der Waals surface area contributed by atoms with E-state index >= 15 is 0 Å². The van der Waals surface area contributed by atoms with Gasteiger partial charge in [0.2, 0.25) is 5.91 Å². The number of nitrogens with one attached hydrogen (secondary N) is 1. The number of nitrogens with zero attached hydrogens (tertiary/aromatic N) is 2. The van der Waals surface area contributed by atoms with Crippen molar-refractivity contribution in [3.8, 4) is 0 Å². The van der Waals surface area contributed by atoms with E-state index in [1.165, 1.54) is 24.1 Å². The van der Waals surface area contributed by atoms with Gasteiger partial charge in [-0.25, -0.2) is 4.98 Å². The number of para-hydroxylation sites is 1. The first-order chi connectivity index (χ1) is 12.2. The summed E-state index contributed by atoms with van der Waals surface area (Å²) in [7, 11) is 0. The Morgan fingerprint density at radius 1 is 1.32 bits per heavy atom. The van der Waals surface area contributed by atoms with E-state index in [9.17, 15) is 4.79 Å². The molecule has 1 aliphatic carbocycles. The highest BCUT2D eigenvalue weighted by atomic mass is 16.4. The van der Waals surface area contributed by atoms with Crippen molar-refractivity contribution in [2.45, 2.75) is 57.5 Å². The highest BCUT2D eigenvalue weighted by molar-refractivity contribution is 5.76. The summed E-state index contributed by atoms with van der Waals surface area (Å²) < 4.78 is 5.68. The van der Waals surface area contributed by atoms with Crippen LogP contribution in [0.15, 0.2) is 34.9 Å². The van der Waals surface area contributed by atoms with Gasteiger partial charge >= 0.3 is 0 Å². The predicted molar refractivity (Wildman–Crippen MR) is 96.5 cm³/mol. The van der Waals surface area contributed by atoms with Crippen LogP contribution in [-0.4, -0.2) is 23.5 Å². The van der Waals surface area contributed by atoms with E-state index in [2.05, 4.69) is 46.4 Å². The van der Waals surface area contributed by atoms with Crippen LogP contribution in [0.4, 0.5) is 5.69 Å². The molecule has 1 unspecified atom stereocenters. The SMILES string of the molecule is CC1CCc2ccccc2N1CCC(=O)NCc1cnc(C2CC2)o1.